The Morgan fingerprint density at radius 1 is 1.08 bits per heavy atom. The van der Waals surface area contributed by atoms with Crippen LogP contribution in [-0.4, -0.2) is 31.7 Å². The number of hydrogen-bond donors (Lipinski definition) is 0. The first-order valence-corrected chi connectivity index (χ1v) is 5.30. The lowest BCUT2D eigenvalue weighted by Crippen LogP contribution is -2.28. The van der Waals surface area contributed by atoms with E-state index in [0.717, 1.165) is 13.1 Å². The van der Waals surface area contributed by atoms with Gasteiger partial charge in [0.15, 0.2) is 0 Å². The lowest BCUT2D eigenvalue weighted by Gasteiger charge is -2.21. The molecule has 1 unspecified atom stereocenters. The second-order valence-electron chi connectivity index (χ2n) is 3.87. The van der Waals surface area contributed by atoms with Gasteiger partial charge in [0.2, 0.25) is 0 Å². The molecule has 1 nitrogen and oxygen atoms in total. The van der Waals surface area contributed by atoms with E-state index in [1.165, 1.54) is 0 Å². The summed E-state index contributed by atoms with van der Waals surface area (Å²) in [6.07, 6.45) is 0. The Morgan fingerprint density at radius 3 is 1.85 bits per heavy atom. The van der Waals surface area contributed by atoms with Gasteiger partial charge in [-0.3, -0.25) is 4.39 Å². The fourth-order valence-electron chi connectivity index (χ4n) is 1.28. The average molecular weight is 191 g/mol. The van der Waals surface area contributed by atoms with Crippen LogP contribution in [0.3, 0.4) is 0 Å². The third kappa shape index (κ3) is 11.9. The van der Waals surface area contributed by atoms with Gasteiger partial charge in [-0.15, -0.1) is 0 Å². The SMILES string of the molecule is CC.CC(C)CN(C)CC(C)CF. The van der Waals surface area contributed by atoms with E-state index in [9.17, 15) is 4.39 Å². The minimum atomic E-state index is -0.206. The van der Waals surface area contributed by atoms with Gasteiger partial charge in [-0.05, 0) is 18.9 Å². The van der Waals surface area contributed by atoms with Gasteiger partial charge in [0.05, 0.1) is 6.67 Å². The first kappa shape index (κ1) is 15.4. The van der Waals surface area contributed by atoms with Crippen LogP contribution in [0.1, 0.15) is 34.6 Å². The van der Waals surface area contributed by atoms with Crippen molar-refractivity contribution in [2.24, 2.45) is 11.8 Å². The van der Waals surface area contributed by atoms with Gasteiger partial charge in [0, 0.05) is 13.1 Å². The molecule has 0 aromatic carbocycles. The van der Waals surface area contributed by atoms with Gasteiger partial charge in [-0.2, -0.15) is 0 Å². The first-order chi connectivity index (χ1) is 6.06. The maximum absolute atomic E-state index is 12.1. The number of alkyl halides is 1. The number of rotatable bonds is 5. The maximum Gasteiger partial charge on any atom is 0.0932 e. The second kappa shape index (κ2) is 9.97. The summed E-state index contributed by atoms with van der Waals surface area (Å²) in [5.74, 6) is 0.852. The van der Waals surface area contributed by atoms with Crippen LogP contribution >= 0.6 is 0 Å². The first-order valence-electron chi connectivity index (χ1n) is 5.30. The highest BCUT2D eigenvalue weighted by atomic mass is 19.1. The van der Waals surface area contributed by atoms with Crippen LogP contribution in [0.2, 0.25) is 0 Å². The molecule has 0 heterocycles. The molecule has 0 aliphatic rings. The lowest BCUT2D eigenvalue weighted by molar-refractivity contribution is 0.233. The second-order valence-corrected chi connectivity index (χ2v) is 3.87. The van der Waals surface area contributed by atoms with E-state index in [2.05, 4.69) is 18.7 Å². The molecule has 0 rings (SSSR count). The topological polar surface area (TPSA) is 3.24 Å². The normalized spacial score (nSPS) is 12.7. The quantitative estimate of drug-likeness (QED) is 0.645. The molecule has 0 saturated heterocycles. The van der Waals surface area contributed by atoms with Crippen molar-refractivity contribution in [3.8, 4) is 0 Å². The summed E-state index contributed by atoms with van der Waals surface area (Å²) in [6, 6.07) is 0. The van der Waals surface area contributed by atoms with Crippen LogP contribution in [0.15, 0.2) is 0 Å². The molecular formula is C11H26FN. The molecule has 0 saturated carbocycles. The Labute approximate surface area is 83.3 Å². The zero-order valence-corrected chi connectivity index (χ0v) is 10.1. The van der Waals surface area contributed by atoms with E-state index < -0.39 is 0 Å². The van der Waals surface area contributed by atoms with Crippen LogP contribution < -0.4 is 0 Å². The van der Waals surface area contributed by atoms with Crippen LogP contribution in [-0.2, 0) is 0 Å². The molecule has 0 fully saturated rings. The molecule has 0 spiro atoms. The van der Waals surface area contributed by atoms with Gasteiger partial charge in [0.25, 0.3) is 0 Å². The summed E-state index contributed by atoms with van der Waals surface area (Å²) in [4.78, 5) is 2.19. The van der Waals surface area contributed by atoms with Gasteiger partial charge in [0.1, 0.15) is 0 Å². The van der Waals surface area contributed by atoms with Gasteiger partial charge >= 0.3 is 0 Å². The zero-order valence-electron chi connectivity index (χ0n) is 10.1. The molecule has 0 aliphatic heterocycles. The molecule has 13 heavy (non-hydrogen) atoms. The summed E-state index contributed by atoms with van der Waals surface area (Å²) in [7, 11) is 2.05. The highest BCUT2D eigenvalue weighted by Crippen LogP contribution is 2.01. The molecule has 2 heteroatoms. The minimum absolute atomic E-state index is 0.179. The standard InChI is InChI=1S/C9H20FN.C2H6/c1-8(2)6-11(4)7-9(3)5-10;1-2/h8-9H,5-7H2,1-4H3;1-2H3. The maximum atomic E-state index is 12.1. The molecule has 0 aliphatic carbocycles. The van der Waals surface area contributed by atoms with Crippen molar-refractivity contribution in [3.63, 3.8) is 0 Å². The molecule has 0 amide bonds. The van der Waals surface area contributed by atoms with Crippen molar-refractivity contribution in [1.82, 2.24) is 4.90 Å². The fourth-order valence-corrected chi connectivity index (χ4v) is 1.28. The van der Waals surface area contributed by atoms with Crippen molar-refractivity contribution in [2.75, 3.05) is 26.8 Å². The molecule has 1 atom stereocenters. The van der Waals surface area contributed by atoms with E-state index in [1.807, 2.05) is 27.8 Å². The smallest absolute Gasteiger partial charge is 0.0932 e. The third-order valence-electron chi connectivity index (χ3n) is 1.56. The van der Waals surface area contributed by atoms with E-state index >= 15 is 0 Å². The summed E-state index contributed by atoms with van der Waals surface area (Å²) in [5.41, 5.74) is 0. The predicted octanol–water partition coefficient (Wildman–Crippen LogP) is 3.21. The average Bonchev–Trinajstić information content (AvgIpc) is 2.06. The van der Waals surface area contributed by atoms with Crippen molar-refractivity contribution in [2.45, 2.75) is 34.6 Å². The Kier molecular flexibility index (Phi) is 11.8. The monoisotopic (exact) mass is 191 g/mol. The molecule has 0 aromatic rings. The van der Waals surface area contributed by atoms with E-state index in [-0.39, 0.29) is 12.6 Å². The largest absolute Gasteiger partial charge is 0.306 e. The van der Waals surface area contributed by atoms with E-state index in [4.69, 9.17) is 0 Å². The number of nitrogens with zero attached hydrogens (tertiary/aromatic N) is 1. The van der Waals surface area contributed by atoms with Gasteiger partial charge in [-0.25, -0.2) is 0 Å². The van der Waals surface area contributed by atoms with Crippen LogP contribution in [0.4, 0.5) is 4.39 Å². The third-order valence-corrected chi connectivity index (χ3v) is 1.56. The summed E-state index contributed by atoms with van der Waals surface area (Å²) < 4.78 is 12.1. The zero-order chi connectivity index (χ0) is 10.9. The Balaban J connectivity index is 0. The van der Waals surface area contributed by atoms with Crippen molar-refractivity contribution < 1.29 is 4.39 Å². The summed E-state index contributed by atoms with van der Waals surface area (Å²) in [5, 5.41) is 0. The van der Waals surface area contributed by atoms with Crippen LogP contribution in [0, 0.1) is 11.8 Å². The summed E-state index contributed by atoms with van der Waals surface area (Å²) >= 11 is 0. The number of hydrogen-bond acceptors (Lipinski definition) is 1. The van der Waals surface area contributed by atoms with Crippen molar-refractivity contribution in [1.29, 1.82) is 0 Å². The number of halogens is 1. The molecule has 0 radical (unpaired) electrons. The summed E-state index contributed by atoms with van der Waals surface area (Å²) in [6.45, 7) is 12.0. The van der Waals surface area contributed by atoms with Crippen molar-refractivity contribution >= 4 is 0 Å². The van der Waals surface area contributed by atoms with Crippen LogP contribution in [0.5, 0.6) is 0 Å². The fraction of sp³-hybridized carbons (Fsp3) is 1.00. The molecule has 0 N–H and O–H groups in total. The molecule has 0 aromatic heterocycles. The van der Waals surface area contributed by atoms with E-state index in [1.54, 1.807) is 0 Å². The molecule has 0 bridgehead atoms. The minimum Gasteiger partial charge on any atom is -0.306 e. The highest BCUT2D eigenvalue weighted by Gasteiger charge is 2.06. The van der Waals surface area contributed by atoms with Gasteiger partial charge in [-0.1, -0.05) is 34.6 Å². The molecular weight excluding hydrogens is 165 g/mol. The van der Waals surface area contributed by atoms with Crippen LogP contribution in [0.25, 0.3) is 0 Å². The highest BCUT2D eigenvalue weighted by molar-refractivity contribution is 4.59. The Bertz CT molecular complexity index is 94.1. The van der Waals surface area contributed by atoms with Gasteiger partial charge < -0.3 is 4.90 Å². The predicted molar refractivity (Wildman–Crippen MR) is 58.8 cm³/mol. The molecule has 82 valence electrons. The van der Waals surface area contributed by atoms with E-state index in [0.29, 0.717) is 5.92 Å². The Morgan fingerprint density at radius 2 is 1.54 bits per heavy atom. The Hall–Kier alpha value is -0.110. The van der Waals surface area contributed by atoms with Crippen molar-refractivity contribution in [3.05, 3.63) is 0 Å². The lowest BCUT2D eigenvalue weighted by atomic mass is 10.1.